The molecule has 0 fully saturated rings. The third kappa shape index (κ3) is 3.00. The first kappa shape index (κ1) is 12.4. The molecule has 1 aromatic carbocycles. The quantitative estimate of drug-likeness (QED) is 0.658. The van der Waals surface area contributed by atoms with Crippen LogP contribution in [0.3, 0.4) is 0 Å². The second kappa shape index (κ2) is 6.05. The summed E-state index contributed by atoms with van der Waals surface area (Å²) in [5.41, 5.74) is 6.07. The van der Waals surface area contributed by atoms with Crippen LogP contribution in [-0.4, -0.2) is 0 Å². The van der Waals surface area contributed by atoms with E-state index in [9.17, 15) is 0 Å². The normalized spacial score (nSPS) is 13.1. The molecule has 91 valence electrons. The summed E-state index contributed by atoms with van der Waals surface area (Å²) in [4.78, 5) is 0. The largest absolute Gasteiger partial charge is 0.0654 e. The molecule has 0 bridgehead atoms. The average molecular weight is 227 g/mol. The Kier molecular flexibility index (Phi) is 4.42. The van der Waals surface area contributed by atoms with Crippen LogP contribution < -0.4 is 0 Å². The molecular weight excluding hydrogens is 204 g/mol. The zero-order valence-corrected chi connectivity index (χ0v) is 11.2. The Hall–Kier alpha value is -1.04. The number of benzene rings is 1. The maximum Gasteiger partial charge on any atom is -0.00167 e. The molecular formula is C17H23. The maximum atomic E-state index is 3.33. The van der Waals surface area contributed by atoms with Crippen LogP contribution in [0, 0.1) is 6.08 Å². The van der Waals surface area contributed by atoms with Gasteiger partial charge in [0.25, 0.3) is 0 Å². The molecule has 0 atom stereocenters. The molecule has 0 aromatic heterocycles. The minimum atomic E-state index is 1.02. The Morgan fingerprint density at radius 2 is 1.65 bits per heavy atom. The standard InChI is InChI=1S/C17H23/c1-3-5-8-14-12-16-10-7-11-17(16)13-15(14)9-6-4-2/h10,12-13H,3-6,8-9,11H2,1-2H3. The van der Waals surface area contributed by atoms with Crippen molar-refractivity contribution in [1.29, 1.82) is 0 Å². The first-order valence-corrected chi connectivity index (χ1v) is 7.06. The van der Waals surface area contributed by atoms with Gasteiger partial charge in [-0.25, -0.2) is 0 Å². The Morgan fingerprint density at radius 1 is 1.00 bits per heavy atom. The Morgan fingerprint density at radius 3 is 2.29 bits per heavy atom. The zero-order chi connectivity index (χ0) is 12.1. The number of rotatable bonds is 6. The van der Waals surface area contributed by atoms with Crippen LogP contribution in [0.5, 0.6) is 0 Å². The van der Waals surface area contributed by atoms with Crippen molar-refractivity contribution in [3.63, 3.8) is 0 Å². The molecule has 0 N–H and O–H groups in total. The van der Waals surface area contributed by atoms with Gasteiger partial charge in [0.05, 0.1) is 0 Å². The fraction of sp³-hybridized carbons (Fsp3) is 0.529. The van der Waals surface area contributed by atoms with E-state index in [1.165, 1.54) is 49.7 Å². The van der Waals surface area contributed by atoms with Crippen molar-refractivity contribution in [1.82, 2.24) is 0 Å². The molecule has 1 aromatic rings. The van der Waals surface area contributed by atoms with E-state index in [1.807, 2.05) is 0 Å². The molecule has 0 aliphatic heterocycles. The molecule has 1 aliphatic carbocycles. The summed E-state index contributed by atoms with van der Waals surface area (Å²) in [5.74, 6) is 0. The van der Waals surface area contributed by atoms with Crippen LogP contribution in [0.25, 0.3) is 6.08 Å². The molecule has 0 nitrogen and oxygen atoms in total. The summed E-state index contributed by atoms with van der Waals surface area (Å²) < 4.78 is 0. The molecule has 17 heavy (non-hydrogen) atoms. The van der Waals surface area contributed by atoms with Crippen molar-refractivity contribution < 1.29 is 0 Å². The summed E-state index contributed by atoms with van der Waals surface area (Å²) in [6.07, 6.45) is 14.2. The Labute approximate surface area is 106 Å². The van der Waals surface area contributed by atoms with Crippen LogP contribution in [0.1, 0.15) is 61.8 Å². The van der Waals surface area contributed by atoms with E-state index in [0.29, 0.717) is 0 Å². The number of allylic oxidation sites excluding steroid dienone is 1. The number of aryl methyl sites for hydroxylation is 2. The molecule has 1 radical (unpaired) electrons. The molecule has 0 heterocycles. The Balaban J connectivity index is 2.21. The van der Waals surface area contributed by atoms with E-state index in [2.05, 4.69) is 38.1 Å². The summed E-state index contributed by atoms with van der Waals surface area (Å²) in [6.45, 7) is 4.54. The van der Waals surface area contributed by atoms with Gasteiger partial charge in [0.1, 0.15) is 0 Å². The molecule has 0 spiro atoms. The maximum absolute atomic E-state index is 3.33. The third-order valence-electron chi connectivity index (χ3n) is 3.61. The smallest absolute Gasteiger partial charge is 0.00167 e. The van der Waals surface area contributed by atoms with Gasteiger partial charge < -0.3 is 0 Å². The monoisotopic (exact) mass is 227 g/mol. The van der Waals surface area contributed by atoms with Crippen molar-refractivity contribution in [2.45, 2.75) is 58.8 Å². The van der Waals surface area contributed by atoms with E-state index in [4.69, 9.17) is 0 Å². The van der Waals surface area contributed by atoms with Gasteiger partial charge in [-0.15, -0.1) is 0 Å². The first-order chi connectivity index (χ1) is 8.35. The van der Waals surface area contributed by atoms with Gasteiger partial charge in [0.15, 0.2) is 0 Å². The van der Waals surface area contributed by atoms with Gasteiger partial charge in [-0.3, -0.25) is 0 Å². The minimum absolute atomic E-state index is 1.02. The van der Waals surface area contributed by atoms with E-state index < -0.39 is 0 Å². The second-order valence-electron chi connectivity index (χ2n) is 5.05. The van der Waals surface area contributed by atoms with Crippen LogP contribution in [0.4, 0.5) is 0 Å². The first-order valence-electron chi connectivity index (χ1n) is 7.06. The van der Waals surface area contributed by atoms with Gasteiger partial charge in [0, 0.05) is 0 Å². The van der Waals surface area contributed by atoms with Crippen LogP contribution in [-0.2, 0) is 19.3 Å². The topological polar surface area (TPSA) is 0 Å². The highest BCUT2D eigenvalue weighted by molar-refractivity contribution is 5.60. The Bertz CT molecular complexity index is 399. The van der Waals surface area contributed by atoms with Crippen LogP contribution in [0.2, 0.25) is 0 Å². The molecule has 0 saturated carbocycles. The lowest BCUT2D eigenvalue weighted by molar-refractivity contribution is 0.757. The highest BCUT2D eigenvalue weighted by Gasteiger charge is 2.10. The SMILES string of the molecule is CCCCc1cc2c(cc1CCCC)C[C]=C2. The fourth-order valence-electron chi connectivity index (χ4n) is 2.52. The second-order valence-corrected chi connectivity index (χ2v) is 5.05. The van der Waals surface area contributed by atoms with Gasteiger partial charge in [0.2, 0.25) is 0 Å². The van der Waals surface area contributed by atoms with E-state index in [-0.39, 0.29) is 0 Å². The van der Waals surface area contributed by atoms with Gasteiger partial charge in [-0.1, -0.05) is 44.9 Å². The predicted molar refractivity (Wildman–Crippen MR) is 75.1 cm³/mol. The molecule has 1 aliphatic rings. The minimum Gasteiger partial charge on any atom is -0.0654 e. The lowest BCUT2D eigenvalue weighted by atomic mass is 9.93. The van der Waals surface area contributed by atoms with E-state index >= 15 is 0 Å². The van der Waals surface area contributed by atoms with Crippen LogP contribution >= 0.6 is 0 Å². The van der Waals surface area contributed by atoms with Gasteiger partial charge in [-0.05, 0) is 60.4 Å². The average Bonchev–Trinajstić information content (AvgIpc) is 2.80. The fourth-order valence-corrected chi connectivity index (χ4v) is 2.52. The molecule has 0 amide bonds. The number of hydrogen-bond donors (Lipinski definition) is 0. The van der Waals surface area contributed by atoms with Crippen molar-refractivity contribution in [3.8, 4) is 0 Å². The zero-order valence-electron chi connectivity index (χ0n) is 11.2. The molecule has 2 rings (SSSR count). The molecule has 0 saturated heterocycles. The van der Waals surface area contributed by atoms with Gasteiger partial charge in [-0.2, -0.15) is 0 Å². The highest BCUT2D eigenvalue weighted by Crippen LogP contribution is 2.25. The van der Waals surface area contributed by atoms with E-state index in [1.54, 1.807) is 11.1 Å². The van der Waals surface area contributed by atoms with Gasteiger partial charge >= 0.3 is 0 Å². The number of hydrogen-bond acceptors (Lipinski definition) is 0. The molecule has 0 unspecified atom stereocenters. The predicted octanol–water partition coefficient (Wildman–Crippen LogP) is 4.74. The lowest BCUT2D eigenvalue weighted by Gasteiger charge is -2.12. The van der Waals surface area contributed by atoms with Crippen molar-refractivity contribution >= 4 is 6.08 Å². The highest BCUT2D eigenvalue weighted by atomic mass is 14.2. The summed E-state index contributed by atoms with van der Waals surface area (Å²) in [7, 11) is 0. The van der Waals surface area contributed by atoms with Crippen LogP contribution in [0.15, 0.2) is 12.1 Å². The number of fused-ring (bicyclic) bond motifs is 1. The number of unbranched alkanes of at least 4 members (excludes halogenated alkanes) is 2. The van der Waals surface area contributed by atoms with Crippen molar-refractivity contribution in [2.75, 3.05) is 0 Å². The summed E-state index contributed by atoms with van der Waals surface area (Å²) in [6, 6.07) is 4.85. The van der Waals surface area contributed by atoms with Crippen molar-refractivity contribution in [2.24, 2.45) is 0 Å². The van der Waals surface area contributed by atoms with Crippen molar-refractivity contribution in [3.05, 3.63) is 40.5 Å². The lowest BCUT2D eigenvalue weighted by Crippen LogP contribution is -1.98. The summed E-state index contributed by atoms with van der Waals surface area (Å²) in [5, 5.41) is 0. The summed E-state index contributed by atoms with van der Waals surface area (Å²) >= 11 is 0. The third-order valence-corrected chi connectivity index (χ3v) is 3.61. The van der Waals surface area contributed by atoms with E-state index in [0.717, 1.165) is 6.42 Å². The molecule has 0 heteroatoms.